The molecule has 6 rings (SSSR count). The summed E-state index contributed by atoms with van der Waals surface area (Å²) in [5.41, 5.74) is 2.47. The van der Waals surface area contributed by atoms with E-state index in [1.807, 2.05) is 12.1 Å². The van der Waals surface area contributed by atoms with Crippen molar-refractivity contribution in [3.05, 3.63) is 128 Å². The minimum atomic E-state index is -3.71. The molecule has 0 unspecified atom stereocenters. The topological polar surface area (TPSA) is 121 Å². The van der Waals surface area contributed by atoms with Crippen molar-refractivity contribution >= 4 is 54.2 Å². The zero-order chi connectivity index (χ0) is 28.3. The maximum absolute atomic E-state index is 12.6. The van der Waals surface area contributed by atoms with Crippen LogP contribution in [0.2, 0.25) is 0 Å². The Morgan fingerprint density at radius 1 is 0.625 bits per heavy atom. The van der Waals surface area contributed by atoms with E-state index < -0.39 is 20.0 Å². The van der Waals surface area contributed by atoms with Gasteiger partial charge in [-0.1, -0.05) is 36.9 Å². The van der Waals surface area contributed by atoms with E-state index in [0.717, 1.165) is 14.9 Å². The van der Waals surface area contributed by atoms with Crippen molar-refractivity contribution in [1.29, 1.82) is 0 Å². The quantitative estimate of drug-likeness (QED) is 0.258. The summed E-state index contributed by atoms with van der Waals surface area (Å²) < 4.78 is 52.7. The van der Waals surface area contributed by atoms with E-state index in [1.165, 1.54) is 40.9 Å². The lowest BCUT2D eigenvalue weighted by molar-refractivity contribution is 0.112. The third-order valence-electron chi connectivity index (χ3n) is 6.19. The Bertz CT molecular complexity index is 1920. The van der Waals surface area contributed by atoms with E-state index in [1.54, 1.807) is 67.0 Å². The first kappa shape index (κ1) is 26.7. The van der Waals surface area contributed by atoms with Gasteiger partial charge in [0.2, 0.25) is 0 Å². The maximum atomic E-state index is 12.6. The summed E-state index contributed by atoms with van der Waals surface area (Å²) in [6, 6.07) is 20.0. The number of carbonyl (C=O) groups excluding carboxylic acids is 1. The summed E-state index contributed by atoms with van der Waals surface area (Å²) in [7, 11) is -7.34. The Balaban J connectivity index is 0.000000161. The molecule has 11 heteroatoms. The number of pyridine rings is 2. The van der Waals surface area contributed by atoms with Crippen LogP contribution in [0.15, 0.2) is 126 Å². The SMILES string of the molecule is C=Cc1cccc2c1ccn2S(=O)(=O)c1cccnc1.O=Cc1cccc2c1ccn2S(=O)(=O)c1cccnc1. The summed E-state index contributed by atoms with van der Waals surface area (Å²) in [5.74, 6) is 0. The summed E-state index contributed by atoms with van der Waals surface area (Å²) in [6.07, 6.45) is 11.1. The van der Waals surface area contributed by atoms with Gasteiger partial charge in [-0.3, -0.25) is 14.8 Å². The van der Waals surface area contributed by atoms with E-state index >= 15 is 0 Å². The molecule has 0 atom stereocenters. The van der Waals surface area contributed by atoms with Gasteiger partial charge in [0.25, 0.3) is 20.0 Å². The molecule has 0 saturated carbocycles. The molecule has 40 heavy (non-hydrogen) atoms. The lowest BCUT2D eigenvalue weighted by atomic mass is 10.1. The standard InChI is InChI=1S/C15H12N2O2S.C14H10N2O3S/c1-2-12-5-3-7-15-14(12)8-10-17(15)20(18,19)13-6-4-9-16-11-13;17-10-11-3-1-5-14-13(11)6-8-16(14)20(18,19)12-4-2-7-15-9-12/h2-11H,1H2;1-10H. The number of nitrogens with zero attached hydrogens (tertiary/aromatic N) is 4. The highest BCUT2D eigenvalue weighted by molar-refractivity contribution is 7.90. The van der Waals surface area contributed by atoms with Gasteiger partial charge in [-0.15, -0.1) is 0 Å². The van der Waals surface area contributed by atoms with E-state index in [9.17, 15) is 21.6 Å². The molecule has 0 aliphatic heterocycles. The van der Waals surface area contributed by atoms with Crippen LogP contribution >= 0.6 is 0 Å². The Morgan fingerprint density at radius 2 is 1.10 bits per heavy atom. The van der Waals surface area contributed by atoms with Crippen LogP contribution in [0.3, 0.4) is 0 Å². The van der Waals surface area contributed by atoms with Crippen LogP contribution in [0, 0.1) is 0 Å². The van der Waals surface area contributed by atoms with E-state index in [4.69, 9.17) is 0 Å². The average Bonchev–Trinajstić information content (AvgIpc) is 3.64. The first-order valence-corrected chi connectivity index (χ1v) is 14.8. The van der Waals surface area contributed by atoms with Gasteiger partial charge in [-0.25, -0.2) is 24.8 Å². The Morgan fingerprint density at radius 3 is 1.52 bits per heavy atom. The Labute approximate surface area is 230 Å². The van der Waals surface area contributed by atoms with Gasteiger partial charge in [0.15, 0.2) is 6.29 Å². The predicted molar refractivity (Wildman–Crippen MR) is 153 cm³/mol. The van der Waals surface area contributed by atoms with Crippen molar-refractivity contribution in [2.75, 3.05) is 0 Å². The molecule has 0 saturated heterocycles. The molecule has 9 nitrogen and oxygen atoms in total. The minimum Gasteiger partial charge on any atom is -0.298 e. The van der Waals surface area contributed by atoms with Crippen molar-refractivity contribution in [2.45, 2.75) is 9.79 Å². The molecule has 4 heterocycles. The molecule has 200 valence electrons. The van der Waals surface area contributed by atoms with Crippen LogP contribution in [0.1, 0.15) is 15.9 Å². The number of aldehydes is 1. The van der Waals surface area contributed by atoms with Crippen LogP contribution in [0.5, 0.6) is 0 Å². The molecule has 0 radical (unpaired) electrons. The number of benzene rings is 2. The normalized spacial score (nSPS) is 11.6. The van der Waals surface area contributed by atoms with E-state index in [2.05, 4.69) is 16.5 Å². The second kappa shape index (κ2) is 10.7. The van der Waals surface area contributed by atoms with Crippen molar-refractivity contribution in [3.63, 3.8) is 0 Å². The fraction of sp³-hybridized carbons (Fsp3) is 0. The van der Waals surface area contributed by atoms with Gasteiger partial charge in [0.1, 0.15) is 9.79 Å². The molecule has 0 N–H and O–H groups in total. The molecule has 0 amide bonds. The van der Waals surface area contributed by atoms with Gasteiger partial charge in [0, 0.05) is 53.5 Å². The molecule has 4 aromatic heterocycles. The van der Waals surface area contributed by atoms with Crippen molar-refractivity contribution in [1.82, 2.24) is 17.9 Å². The molecule has 0 aliphatic rings. The molecule has 0 bridgehead atoms. The van der Waals surface area contributed by atoms with E-state index in [0.29, 0.717) is 28.3 Å². The lowest BCUT2D eigenvalue weighted by Crippen LogP contribution is -2.11. The molecular weight excluding hydrogens is 548 g/mol. The second-order valence-electron chi connectivity index (χ2n) is 8.49. The molecule has 0 fully saturated rings. The van der Waals surface area contributed by atoms with E-state index in [-0.39, 0.29) is 9.79 Å². The van der Waals surface area contributed by atoms with Crippen LogP contribution in [0.25, 0.3) is 27.9 Å². The first-order valence-electron chi connectivity index (χ1n) is 11.9. The number of fused-ring (bicyclic) bond motifs is 2. The smallest absolute Gasteiger partial charge is 0.269 e. The van der Waals surface area contributed by atoms with Gasteiger partial charge >= 0.3 is 0 Å². The molecule has 0 spiro atoms. The monoisotopic (exact) mass is 570 g/mol. The average molecular weight is 571 g/mol. The largest absolute Gasteiger partial charge is 0.298 e. The van der Waals surface area contributed by atoms with Crippen molar-refractivity contribution in [3.8, 4) is 0 Å². The van der Waals surface area contributed by atoms with Crippen LogP contribution in [-0.4, -0.2) is 41.0 Å². The summed E-state index contributed by atoms with van der Waals surface area (Å²) in [4.78, 5) is 18.9. The van der Waals surface area contributed by atoms with Gasteiger partial charge < -0.3 is 0 Å². The summed E-state index contributed by atoms with van der Waals surface area (Å²) in [6.45, 7) is 3.74. The number of carbonyl (C=O) groups is 1. The van der Waals surface area contributed by atoms with Crippen LogP contribution in [0.4, 0.5) is 0 Å². The van der Waals surface area contributed by atoms with Gasteiger partial charge in [-0.2, -0.15) is 0 Å². The van der Waals surface area contributed by atoms with Gasteiger partial charge in [0.05, 0.1) is 11.0 Å². The summed E-state index contributed by atoms with van der Waals surface area (Å²) in [5, 5.41) is 1.46. The highest BCUT2D eigenvalue weighted by Crippen LogP contribution is 2.25. The summed E-state index contributed by atoms with van der Waals surface area (Å²) >= 11 is 0. The second-order valence-corrected chi connectivity index (χ2v) is 12.1. The van der Waals surface area contributed by atoms with Crippen LogP contribution < -0.4 is 0 Å². The fourth-order valence-electron chi connectivity index (χ4n) is 4.26. The third kappa shape index (κ3) is 4.72. The number of aromatic nitrogens is 4. The molecule has 6 aromatic rings. The third-order valence-corrected chi connectivity index (χ3v) is 9.54. The van der Waals surface area contributed by atoms with Crippen LogP contribution in [-0.2, 0) is 20.0 Å². The zero-order valence-corrected chi connectivity index (χ0v) is 22.5. The number of hydrogen-bond acceptors (Lipinski definition) is 7. The lowest BCUT2D eigenvalue weighted by Gasteiger charge is -2.07. The maximum Gasteiger partial charge on any atom is 0.269 e. The zero-order valence-electron chi connectivity index (χ0n) is 20.9. The molecule has 2 aromatic carbocycles. The van der Waals surface area contributed by atoms with Gasteiger partial charge in [-0.05, 0) is 54.1 Å². The number of rotatable bonds is 6. The first-order chi connectivity index (χ1) is 19.3. The highest BCUT2D eigenvalue weighted by Gasteiger charge is 2.20. The molecular formula is C29H22N4O5S2. The highest BCUT2D eigenvalue weighted by atomic mass is 32.2. The van der Waals surface area contributed by atoms with Crippen molar-refractivity contribution < 1.29 is 21.6 Å². The fourth-order valence-corrected chi connectivity index (χ4v) is 6.88. The number of hydrogen-bond donors (Lipinski definition) is 0. The molecule has 0 aliphatic carbocycles. The Hall–Kier alpha value is -4.87. The minimum absolute atomic E-state index is 0.106. The Kier molecular flexibility index (Phi) is 7.16. The predicted octanol–water partition coefficient (Wildman–Crippen LogP) is 5.00. The van der Waals surface area contributed by atoms with Crippen molar-refractivity contribution in [2.24, 2.45) is 0 Å².